The molecule has 4 rings (SSSR count). The van der Waals surface area contributed by atoms with Gasteiger partial charge in [-0.3, -0.25) is 4.79 Å². The lowest BCUT2D eigenvalue weighted by atomic mass is 9.99. The van der Waals surface area contributed by atoms with E-state index in [4.69, 9.17) is 4.74 Å². The lowest BCUT2D eigenvalue weighted by Gasteiger charge is -2.12. The fraction of sp³-hybridized carbons (Fsp3) is 0.0690. The van der Waals surface area contributed by atoms with E-state index in [1.54, 1.807) is 0 Å². The predicted molar refractivity (Wildman–Crippen MR) is 134 cm³/mol. The van der Waals surface area contributed by atoms with Crippen LogP contribution < -0.4 is 10.1 Å². The van der Waals surface area contributed by atoms with Gasteiger partial charge in [0.2, 0.25) is 0 Å². The summed E-state index contributed by atoms with van der Waals surface area (Å²) in [4.78, 5) is 12.7. The van der Waals surface area contributed by atoms with E-state index in [0.717, 1.165) is 27.5 Å². The van der Waals surface area contributed by atoms with Gasteiger partial charge in [-0.2, -0.15) is 0 Å². The maximum atomic E-state index is 12.7. The van der Waals surface area contributed by atoms with Crippen LogP contribution in [-0.4, -0.2) is 12.5 Å². The smallest absolute Gasteiger partial charge is 0.255 e. The Kier molecular flexibility index (Phi) is 6.47. The van der Waals surface area contributed by atoms with Gasteiger partial charge in [0.05, 0.1) is 6.61 Å². The SMILES string of the molecule is C=Cc1ccccc1C(=C)CCOc1cccc(NC(=O)c2ccc3ccccc3c2)c1. The first-order chi connectivity index (χ1) is 15.6. The summed E-state index contributed by atoms with van der Waals surface area (Å²) in [5.74, 6) is 0.549. The first kappa shape index (κ1) is 21.1. The zero-order chi connectivity index (χ0) is 22.3. The summed E-state index contributed by atoms with van der Waals surface area (Å²) in [7, 11) is 0. The highest BCUT2D eigenvalue weighted by Gasteiger charge is 2.08. The molecule has 158 valence electrons. The lowest BCUT2D eigenvalue weighted by molar-refractivity contribution is 0.102. The minimum atomic E-state index is -0.151. The van der Waals surface area contributed by atoms with Gasteiger partial charge < -0.3 is 10.1 Å². The van der Waals surface area contributed by atoms with E-state index in [-0.39, 0.29) is 5.91 Å². The third kappa shape index (κ3) is 4.96. The monoisotopic (exact) mass is 419 g/mol. The van der Waals surface area contributed by atoms with Crippen molar-refractivity contribution in [2.75, 3.05) is 11.9 Å². The summed E-state index contributed by atoms with van der Waals surface area (Å²) in [5.41, 5.74) is 4.46. The Morgan fingerprint density at radius 3 is 2.50 bits per heavy atom. The Hall–Kier alpha value is -4.11. The van der Waals surface area contributed by atoms with Gasteiger partial charge in [0.1, 0.15) is 5.75 Å². The third-order valence-electron chi connectivity index (χ3n) is 5.34. The molecule has 0 saturated carbocycles. The second kappa shape index (κ2) is 9.80. The van der Waals surface area contributed by atoms with Crippen molar-refractivity contribution < 1.29 is 9.53 Å². The Morgan fingerprint density at radius 2 is 1.66 bits per heavy atom. The van der Waals surface area contributed by atoms with Crippen molar-refractivity contribution in [3.05, 3.63) is 121 Å². The van der Waals surface area contributed by atoms with Crippen LogP contribution in [0.3, 0.4) is 0 Å². The zero-order valence-electron chi connectivity index (χ0n) is 17.9. The lowest BCUT2D eigenvalue weighted by Crippen LogP contribution is -2.11. The standard InChI is InChI=1S/C29H25NO2/c1-3-22-9-6-7-14-28(22)21(2)17-18-32-27-13-8-12-26(20-27)30-29(31)25-16-15-23-10-4-5-11-24(23)19-25/h3-16,19-20H,1-2,17-18H2,(H,30,31). The van der Waals surface area contributed by atoms with Crippen LogP contribution in [0.15, 0.2) is 104 Å². The molecule has 0 saturated heterocycles. The molecule has 0 unspecified atom stereocenters. The Balaban J connectivity index is 1.37. The number of nitrogens with one attached hydrogen (secondary N) is 1. The van der Waals surface area contributed by atoms with Gasteiger partial charge in [-0.25, -0.2) is 0 Å². The molecule has 0 atom stereocenters. The fourth-order valence-electron chi connectivity index (χ4n) is 3.62. The largest absolute Gasteiger partial charge is 0.493 e. The topological polar surface area (TPSA) is 38.3 Å². The molecule has 0 fully saturated rings. The molecule has 32 heavy (non-hydrogen) atoms. The van der Waals surface area contributed by atoms with Crippen LogP contribution in [0.5, 0.6) is 5.75 Å². The van der Waals surface area contributed by atoms with Crippen molar-refractivity contribution in [2.24, 2.45) is 0 Å². The molecular weight excluding hydrogens is 394 g/mol. The Bertz CT molecular complexity index is 1290. The van der Waals surface area contributed by atoms with Gasteiger partial charge in [0, 0.05) is 23.7 Å². The van der Waals surface area contributed by atoms with E-state index < -0.39 is 0 Å². The third-order valence-corrected chi connectivity index (χ3v) is 5.34. The molecule has 0 spiro atoms. The van der Waals surface area contributed by atoms with Gasteiger partial charge in [-0.15, -0.1) is 0 Å². The number of anilines is 1. The number of carbonyl (C=O) groups excluding carboxylic acids is 1. The van der Waals surface area contributed by atoms with Crippen LogP contribution in [0.1, 0.15) is 27.9 Å². The van der Waals surface area contributed by atoms with E-state index in [9.17, 15) is 4.79 Å². The van der Waals surface area contributed by atoms with Crippen LogP contribution in [0, 0.1) is 0 Å². The number of benzene rings is 4. The van der Waals surface area contributed by atoms with Gasteiger partial charge >= 0.3 is 0 Å². The fourth-order valence-corrected chi connectivity index (χ4v) is 3.62. The van der Waals surface area contributed by atoms with Crippen molar-refractivity contribution in [1.82, 2.24) is 0 Å². The van der Waals surface area contributed by atoms with Crippen molar-refractivity contribution in [3.63, 3.8) is 0 Å². The summed E-state index contributed by atoms with van der Waals surface area (Å²) in [6, 6.07) is 29.2. The quantitative estimate of drug-likeness (QED) is 0.327. The molecule has 0 heterocycles. The summed E-state index contributed by atoms with van der Waals surface area (Å²) < 4.78 is 5.92. The highest BCUT2D eigenvalue weighted by Crippen LogP contribution is 2.23. The summed E-state index contributed by atoms with van der Waals surface area (Å²) >= 11 is 0. The van der Waals surface area contributed by atoms with Crippen LogP contribution in [0.2, 0.25) is 0 Å². The Morgan fingerprint density at radius 1 is 0.875 bits per heavy atom. The Labute approximate surface area is 188 Å². The van der Waals surface area contributed by atoms with Crippen molar-refractivity contribution in [2.45, 2.75) is 6.42 Å². The van der Waals surface area contributed by atoms with Gasteiger partial charge in [0.25, 0.3) is 5.91 Å². The molecule has 0 aliphatic heterocycles. The number of rotatable bonds is 8. The first-order valence-corrected chi connectivity index (χ1v) is 10.6. The van der Waals surface area contributed by atoms with Gasteiger partial charge in [-0.05, 0) is 51.7 Å². The number of ether oxygens (including phenoxy) is 1. The predicted octanol–water partition coefficient (Wildman–Crippen LogP) is 7.22. The van der Waals surface area contributed by atoms with E-state index >= 15 is 0 Å². The molecule has 4 aromatic rings. The van der Waals surface area contributed by atoms with Crippen LogP contribution >= 0.6 is 0 Å². The molecule has 0 aliphatic rings. The average Bonchev–Trinajstić information content (AvgIpc) is 2.83. The number of amides is 1. The van der Waals surface area contributed by atoms with E-state index in [0.29, 0.717) is 30.0 Å². The summed E-state index contributed by atoms with van der Waals surface area (Å²) in [6.07, 6.45) is 2.53. The summed E-state index contributed by atoms with van der Waals surface area (Å²) in [5, 5.41) is 5.10. The molecule has 1 amide bonds. The van der Waals surface area contributed by atoms with Crippen LogP contribution in [-0.2, 0) is 0 Å². The maximum absolute atomic E-state index is 12.7. The minimum Gasteiger partial charge on any atom is -0.493 e. The van der Waals surface area contributed by atoms with Crippen LogP contribution in [0.4, 0.5) is 5.69 Å². The average molecular weight is 420 g/mol. The normalized spacial score (nSPS) is 10.5. The second-order valence-electron chi connectivity index (χ2n) is 7.54. The van der Waals surface area contributed by atoms with E-state index in [1.807, 2.05) is 97.1 Å². The molecular formula is C29H25NO2. The van der Waals surface area contributed by atoms with Crippen molar-refractivity contribution >= 4 is 34.0 Å². The van der Waals surface area contributed by atoms with Gasteiger partial charge in [-0.1, -0.05) is 79.9 Å². The van der Waals surface area contributed by atoms with E-state index in [1.165, 1.54) is 0 Å². The number of hydrogen-bond acceptors (Lipinski definition) is 2. The number of hydrogen-bond donors (Lipinski definition) is 1. The molecule has 1 N–H and O–H groups in total. The van der Waals surface area contributed by atoms with E-state index in [2.05, 4.69) is 18.5 Å². The molecule has 3 heteroatoms. The molecule has 3 nitrogen and oxygen atoms in total. The van der Waals surface area contributed by atoms with Crippen molar-refractivity contribution in [3.8, 4) is 5.75 Å². The molecule has 0 bridgehead atoms. The first-order valence-electron chi connectivity index (χ1n) is 10.6. The second-order valence-corrected chi connectivity index (χ2v) is 7.54. The molecule has 4 aromatic carbocycles. The minimum absolute atomic E-state index is 0.151. The molecule has 0 radical (unpaired) electrons. The number of fused-ring (bicyclic) bond motifs is 1. The molecule has 0 aliphatic carbocycles. The number of carbonyl (C=O) groups is 1. The maximum Gasteiger partial charge on any atom is 0.255 e. The summed E-state index contributed by atoms with van der Waals surface area (Å²) in [6.45, 7) is 8.55. The molecule has 0 aromatic heterocycles. The van der Waals surface area contributed by atoms with Crippen LogP contribution in [0.25, 0.3) is 22.4 Å². The highest BCUT2D eigenvalue weighted by atomic mass is 16.5. The zero-order valence-corrected chi connectivity index (χ0v) is 17.9. The van der Waals surface area contributed by atoms with Crippen molar-refractivity contribution in [1.29, 1.82) is 0 Å². The van der Waals surface area contributed by atoms with Gasteiger partial charge in [0.15, 0.2) is 0 Å². The highest BCUT2D eigenvalue weighted by molar-refractivity contribution is 6.06.